The van der Waals surface area contributed by atoms with Crippen molar-refractivity contribution in [1.29, 1.82) is 0 Å². The van der Waals surface area contributed by atoms with E-state index in [-0.39, 0.29) is 11.7 Å². The highest BCUT2D eigenvalue weighted by Crippen LogP contribution is 2.37. The molecule has 2 N–H and O–H groups in total. The molecule has 0 aliphatic carbocycles. The number of methoxy groups -OCH3 is 1. The van der Waals surface area contributed by atoms with E-state index in [4.69, 9.17) is 9.15 Å². The van der Waals surface area contributed by atoms with E-state index in [2.05, 4.69) is 5.32 Å². The Morgan fingerprint density at radius 3 is 2.58 bits per heavy atom. The molecule has 0 saturated carbocycles. The monoisotopic (exact) mass is 357 g/mol. The normalized spacial score (nSPS) is 12.2. The van der Waals surface area contributed by atoms with Crippen LogP contribution in [-0.4, -0.2) is 31.3 Å². The molecule has 1 amide bonds. The van der Waals surface area contributed by atoms with Crippen LogP contribution >= 0.6 is 0 Å². The molecule has 5 nitrogen and oxygen atoms in total. The number of nitrogens with one attached hydrogen (secondary N) is 1. The molecular weight excluding hydrogens is 337 g/mol. The lowest BCUT2D eigenvalue weighted by atomic mass is 10.0. The number of aliphatic hydroxyl groups excluding tert-OH is 1. The zero-order valence-electron chi connectivity index (χ0n) is 14.8. The summed E-state index contributed by atoms with van der Waals surface area (Å²) < 4.78 is 24.6. The van der Waals surface area contributed by atoms with E-state index in [0.717, 1.165) is 5.56 Å². The zero-order valence-corrected chi connectivity index (χ0v) is 14.8. The highest BCUT2D eigenvalue weighted by Gasteiger charge is 2.23. The molecule has 0 aliphatic heterocycles. The third-order valence-corrected chi connectivity index (χ3v) is 4.17. The topological polar surface area (TPSA) is 71.7 Å². The SMILES string of the molecule is CNC(=O)c1c(-c2ccc(F)cc2)oc2cc(CC(C)O)c(OC)cc12. The molecule has 1 unspecified atom stereocenters. The van der Waals surface area contributed by atoms with Gasteiger partial charge in [-0.15, -0.1) is 0 Å². The molecule has 0 spiro atoms. The number of hydrogen-bond donors (Lipinski definition) is 2. The van der Waals surface area contributed by atoms with Gasteiger partial charge in [0.1, 0.15) is 22.9 Å². The van der Waals surface area contributed by atoms with Gasteiger partial charge in [-0.05, 0) is 43.3 Å². The van der Waals surface area contributed by atoms with Crippen LogP contribution in [0.4, 0.5) is 4.39 Å². The van der Waals surface area contributed by atoms with Gasteiger partial charge in [-0.3, -0.25) is 4.79 Å². The lowest BCUT2D eigenvalue weighted by molar-refractivity contribution is 0.0964. The predicted octanol–water partition coefficient (Wildman–Crippen LogP) is 3.53. The van der Waals surface area contributed by atoms with Gasteiger partial charge in [0.2, 0.25) is 0 Å². The van der Waals surface area contributed by atoms with Gasteiger partial charge < -0.3 is 19.6 Å². The fourth-order valence-electron chi connectivity index (χ4n) is 2.99. The summed E-state index contributed by atoms with van der Waals surface area (Å²) in [6, 6.07) is 9.25. The molecule has 0 radical (unpaired) electrons. The highest BCUT2D eigenvalue weighted by molar-refractivity contribution is 6.11. The molecule has 2 aromatic carbocycles. The fourth-order valence-corrected chi connectivity index (χ4v) is 2.99. The number of halogens is 1. The first-order valence-corrected chi connectivity index (χ1v) is 8.24. The Kier molecular flexibility index (Phi) is 4.95. The minimum atomic E-state index is -0.550. The van der Waals surface area contributed by atoms with E-state index in [0.29, 0.717) is 40.0 Å². The lowest BCUT2D eigenvalue weighted by Crippen LogP contribution is -2.18. The number of carbonyl (C=O) groups is 1. The molecule has 1 atom stereocenters. The second-order valence-corrected chi connectivity index (χ2v) is 6.11. The first kappa shape index (κ1) is 17.9. The van der Waals surface area contributed by atoms with Crippen LogP contribution in [0.5, 0.6) is 5.75 Å². The Bertz CT molecular complexity index is 945. The number of ether oxygens (including phenoxy) is 1. The van der Waals surface area contributed by atoms with Crippen LogP contribution in [0, 0.1) is 5.82 Å². The van der Waals surface area contributed by atoms with Crippen molar-refractivity contribution in [3.63, 3.8) is 0 Å². The van der Waals surface area contributed by atoms with E-state index in [9.17, 15) is 14.3 Å². The maximum absolute atomic E-state index is 13.3. The average molecular weight is 357 g/mol. The van der Waals surface area contributed by atoms with Crippen LogP contribution in [0.25, 0.3) is 22.3 Å². The van der Waals surface area contributed by atoms with Crippen molar-refractivity contribution in [2.24, 2.45) is 0 Å². The van der Waals surface area contributed by atoms with Crippen LogP contribution in [0.2, 0.25) is 0 Å². The average Bonchev–Trinajstić information content (AvgIpc) is 2.98. The molecule has 6 heteroatoms. The maximum Gasteiger partial charge on any atom is 0.255 e. The van der Waals surface area contributed by atoms with Gasteiger partial charge in [0.25, 0.3) is 5.91 Å². The Morgan fingerprint density at radius 1 is 1.31 bits per heavy atom. The summed E-state index contributed by atoms with van der Waals surface area (Å²) in [4.78, 5) is 12.5. The van der Waals surface area contributed by atoms with Gasteiger partial charge >= 0.3 is 0 Å². The van der Waals surface area contributed by atoms with Gasteiger partial charge in [0.05, 0.1) is 18.8 Å². The predicted molar refractivity (Wildman–Crippen MR) is 96.9 cm³/mol. The number of amides is 1. The molecule has 0 fully saturated rings. The number of carbonyl (C=O) groups excluding carboxylic acids is 1. The summed E-state index contributed by atoms with van der Waals surface area (Å²) in [5, 5.41) is 12.9. The number of furan rings is 1. The third-order valence-electron chi connectivity index (χ3n) is 4.17. The summed E-state index contributed by atoms with van der Waals surface area (Å²) in [5.41, 5.74) is 2.23. The Balaban J connectivity index is 2.27. The minimum Gasteiger partial charge on any atom is -0.496 e. The van der Waals surface area contributed by atoms with Gasteiger partial charge in [0.15, 0.2) is 0 Å². The second kappa shape index (κ2) is 7.17. The summed E-state index contributed by atoms with van der Waals surface area (Å²) in [6.07, 6.45) is -0.160. The molecular formula is C20H20FNO4. The smallest absolute Gasteiger partial charge is 0.255 e. The molecule has 0 bridgehead atoms. The molecule has 26 heavy (non-hydrogen) atoms. The van der Waals surface area contributed by atoms with Crippen LogP contribution in [0.3, 0.4) is 0 Å². The number of hydrogen-bond acceptors (Lipinski definition) is 4. The van der Waals surface area contributed by atoms with Crippen molar-refractivity contribution in [1.82, 2.24) is 5.32 Å². The first-order valence-electron chi connectivity index (χ1n) is 8.24. The molecule has 1 heterocycles. The Morgan fingerprint density at radius 2 is 2.00 bits per heavy atom. The van der Waals surface area contributed by atoms with Gasteiger partial charge in [-0.2, -0.15) is 0 Å². The van der Waals surface area contributed by atoms with Crippen molar-refractivity contribution < 1.29 is 23.4 Å². The van der Waals surface area contributed by atoms with Crippen molar-refractivity contribution in [3.8, 4) is 17.1 Å². The van der Waals surface area contributed by atoms with Crippen molar-refractivity contribution in [2.45, 2.75) is 19.4 Å². The summed E-state index contributed by atoms with van der Waals surface area (Å²) in [6.45, 7) is 1.69. The van der Waals surface area contributed by atoms with Gasteiger partial charge in [-0.25, -0.2) is 4.39 Å². The lowest BCUT2D eigenvalue weighted by Gasteiger charge is -2.10. The van der Waals surface area contributed by atoms with E-state index in [1.165, 1.54) is 26.3 Å². The number of fused-ring (bicyclic) bond motifs is 1. The van der Waals surface area contributed by atoms with Gasteiger partial charge in [-0.1, -0.05) is 0 Å². The molecule has 136 valence electrons. The zero-order chi connectivity index (χ0) is 18.8. The Hall–Kier alpha value is -2.86. The number of aliphatic hydroxyl groups is 1. The summed E-state index contributed by atoms with van der Waals surface area (Å²) >= 11 is 0. The van der Waals surface area contributed by atoms with E-state index >= 15 is 0 Å². The number of rotatable bonds is 5. The Labute approximate surface area is 150 Å². The molecule has 3 aromatic rings. The van der Waals surface area contributed by atoms with Crippen LogP contribution < -0.4 is 10.1 Å². The van der Waals surface area contributed by atoms with E-state index in [1.54, 1.807) is 31.2 Å². The first-order chi connectivity index (χ1) is 12.4. The van der Waals surface area contributed by atoms with Crippen LogP contribution in [0.1, 0.15) is 22.8 Å². The fraction of sp³-hybridized carbons (Fsp3) is 0.250. The second-order valence-electron chi connectivity index (χ2n) is 6.11. The quantitative estimate of drug-likeness (QED) is 0.733. The number of benzene rings is 2. The molecule has 1 aromatic heterocycles. The third kappa shape index (κ3) is 3.28. The van der Waals surface area contributed by atoms with Crippen molar-refractivity contribution >= 4 is 16.9 Å². The minimum absolute atomic E-state index is 0.312. The molecule has 0 saturated heterocycles. The van der Waals surface area contributed by atoms with E-state index < -0.39 is 6.10 Å². The van der Waals surface area contributed by atoms with Crippen LogP contribution in [0.15, 0.2) is 40.8 Å². The molecule has 0 aliphatic rings. The maximum atomic E-state index is 13.3. The standard InChI is InChI=1S/C20H20FNO4/c1-11(23)8-13-9-17-15(10-16(13)25-3)18(20(24)22-2)19(26-17)12-4-6-14(21)7-5-12/h4-7,9-11,23H,8H2,1-3H3,(H,22,24). The van der Waals surface area contributed by atoms with E-state index in [1.807, 2.05) is 0 Å². The van der Waals surface area contributed by atoms with Crippen molar-refractivity contribution in [3.05, 3.63) is 53.3 Å². The van der Waals surface area contributed by atoms with Crippen molar-refractivity contribution in [2.75, 3.05) is 14.2 Å². The summed E-state index contributed by atoms with van der Waals surface area (Å²) in [7, 11) is 3.07. The molecule has 3 rings (SSSR count). The highest BCUT2D eigenvalue weighted by atomic mass is 19.1. The van der Waals surface area contributed by atoms with Crippen LogP contribution in [-0.2, 0) is 6.42 Å². The largest absolute Gasteiger partial charge is 0.496 e. The summed E-state index contributed by atoms with van der Waals surface area (Å²) in [5.74, 6) is 0.242. The van der Waals surface area contributed by atoms with Gasteiger partial charge in [0, 0.05) is 30.0 Å².